The Kier molecular flexibility index (Phi) is 3.86. The summed E-state index contributed by atoms with van der Waals surface area (Å²) in [5.74, 6) is 0.826. The topological polar surface area (TPSA) is 49.9 Å². The molecule has 0 bridgehead atoms. The van der Waals surface area contributed by atoms with Gasteiger partial charge in [-0.2, -0.15) is 0 Å². The summed E-state index contributed by atoms with van der Waals surface area (Å²) < 4.78 is 6.60. The van der Waals surface area contributed by atoms with Crippen molar-refractivity contribution in [3.8, 4) is 5.75 Å². The van der Waals surface area contributed by atoms with Crippen molar-refractivity contribution in [3.05, 3.63) is 59.2 Å². The van der Waals surface area contributed by atoms with Crippen LogP contribution in [-0.2, 0) is 0 Å². The molecule has 120 valence electrons. The molecule has 4 aromatic rings. The zero-order valence-corrected chi connectivity index (χ0v) is 14.7. The van der Waals surface area contributed by atoms with Crippen molar-refractivity contribution in [3.63, 3.8) is 0 Å². The van der Waals surface area contributed by atoms with E-state index in [-0.39, 0.29) is 0 Å². The van der Waals surface area contributed by atoms with Gasteiger partial charge in [0.1, 0.15) is 11.4 Å². The third-order valence-electron chi connectivity index (χ3n) is 3.91. The predicted octanol–water partition coefficient (Wildman–Crippen LogP) is 5.62. The second-order valence-electron chi connectivity index (χ2n) is 5.46. The lowest BCUT2D eigenvalue weighted by Gasteiger charge is -2.11. The number of H-pyrrole nitrogens is 1. The molecule has 0 aliphatic heterocycles. The molecule has 0 saturated heterocycles. The number of fused-ring (bicyclic) bond motifs is 3. The van der Waals surface area contributed by atoms with Crippen molar-refractivity contribution >= 4 is 49.2 Å². The van der Waals surface area contributed by atoms with Crippen LogP contribution in [0.1, 0.15) is 6.92 Å². The Morgan fingerprint density at radius 2 is 2.04 bits per heavy atom. The smallest absolute Gasteiger partial charge is 0.140 e. The average molecular weight is 382 g/mol. The minimum atomic E-state index is 0.629. The van der Waals surface area contributed by atoms with Crippen molar-refractivity contribution in [2.24, 2.45) is 0 Å². The first kappa shape index (κ1) is 15.0. The number of hydrogen-bond donors (Lipinski definition) is 2. The molecule has 0 atom stereocenters. The Labute approximate surface area is 148 Å². The van der Waals surface area contributed by atoms with Gasteiger partial charge >= 0.3 is 0 Å². The summed E-state index contributed by atoms with van der Waals surface area (Å²) in [6, 6.07) is 16.2. The van der Waals surface area contributed by atoms with Gasteiger partial charge in [0.05, 0.1) is 22.2 Å². The second kappa shape index (κ2) is 6.17. The Hall–Kier alpha value is -2.53. The van der Waals surface area contributed by atoms with Crippen molar-refractivity contribution in [2.75, 3.05) is 11.9 Å². The van der Waals surface area contributed by atoms with E-state index in [1.54, 1.807) is 0 Å². The molecule has 2 heterocycles. The molecule has 2 aromatic heterocycles. The maximum Gasteiger partial charge on any atom is 0.140 e. The van der Waals surface area contributed by atoms with Crippen molar-refractivity contribution in [1.82, 2.24) is 9.97 Å². The largest absolute Gasteiger partial charge is 0.493 e. The number of nitrogens with zero attached hydrogens (tertiary/aromatic N) is 1. The summed E-state index contributed by atoms with van der Waals surface area (Å²) in [6.45, 7) is 2.61. The van der Waals surface area contributed by atoms with Gasteiger partial charge in [0.15, 0.2) is 0 Å². The van der Waals surface area contributed by atoms with Crippen LogP contribution >= 0.6 is 15.9 Å². The Morgan fingerprint density at radius 3 is 2.92 bits per heavy atom. The number of nitrogens with one attached hydrogen (secondary N) is 2. The molecule has 2 N–H and O–H groups in total. The fourth-order valence-corrected chi connectivity index (χ4v) is 3.23. The van der Waals surface area contributed by atoms with Crippen LogP contribution in [0, 0.1) is 0 Å². The summed E-state index contributed by atoms with van der Waals surface area (Å²) in [6.07, 6.45) is 1.81. The molecule has 0 aliphatic rings. The first-order valence-corrected chi connectivity index (χ1v) is 8.60. The first-order valence-electron chi connectivity index (χ1n) is 7.81. The van der Waals surface area contributed by atoms with Gasteiger partial charge in [-0.3, -0.25) is 0 Å². The van der Waals surface area contributed by atoms with Gasteiger partial charge in [-0.15, -0.1) is 0 Å². The minimum Gasteiger partial charge on any atom is -0.493 e. The highest BCUT2D eigenvalue weighted by Gasteiger charge is 2.10. The molecule has 0 unspecified atom stereocenters. The summed E-state index contributed by atoms with van der Waals surface area (Å²) in [4.78, 5) is 7.82. The maximum absolute atomic E-state index is 5.65. The lowest BCUT2D eigenvalue weighted by atomic mass is 10.1. The van der Waals surface area contributed by atoms with Crippen LogP contribution < -0.4 is 10.1 Å². The zero-order chi connectivity index (χ0) is 16.5. The summed E-state index contributed by atoms with van der Waals surface area (Å²) >= 11 is 3.52. The monoisotopic (exact) mass is 381 g/mol. The quantitative estimate of drug-likeness (QED) is 0.482. The maximum atomic E-state index is 5.65. The second-order valence-corrected chi connectivity index (χ2v) is 6.31. The van der Waals surface area contributed by atoms with Crippen LogP contribution in [0.15, 0.2) is 59.2 Å². The fraction of sp³-hybridized carbons (Fsp3) is 0.105. The predicted molar refractivity (Wildman–Crippen MR) is 102 cm³/mol. The molecule has 0 amide bonds. The molecule has 0 radical (unpaired) electrons. The van der Waals surface area contributed by atoms with Gasteiger partial charge in [-0.25, -0.2) is 4.98 Å². The molecule has 24 heavy (non-hydrogen) atoms. The van der Waals surface area contributed by atoms with E-state index in [0.717, 1.165) is 43.5 Å². The number of halogens is 1. The molecule has 4 rings (SSSR count). The zero-order valence-electron chi connectivity index (χ0n) is 13.1. The molecule has 4 nitrogen and oxygen atoms in total. The Bertz CT molecular complexity index is 1030. The fourth-order valence-electron chi connectivity index (χ4n) is 2.87. The van der Waals surface area contributed by atoms with E-state index in [2.05, 4.69) is 43.3 Å². The van der Waals surface area contributed by atoms with E-state index in [4.69, 9.17) is 4.74 Å². The lowest BCUT2D eigenvalue weighted by molar-refractivity contribution is 0.338. The Balaban J connectivity index is 1.81. The average Bonchev–Trinajstić information content (AvgIpc) is 2.97. The number of aromatic amines is 1. The minimum absolute atomic E-state index is 0.629. The SMILES string of the molecule is CCOc1cc(Nc2ccnc3[nH]c4ccccc4c23)ccc1Br. The highest BCUT2D eigenvalue weighted by molar-refractivity contribution is 9.10. The van der Waals surface area contributed by atoms with Crippen LogP contribution in [0.25, 0.3) is 21.9 Å². The number of hydrogen-bond acceptors (Lipinski definition) is 3. The number of pyridine rings is 1. The molecular weight excluding hydrogens is 366 g/mol. The third kappa shape index (κ3) is 2.61. The lowest BCUT2D eigenvalue weighted by Crippen LogP contribution is -1.96. The normalized spacial score (nSPS) is 11.1. The number of aromatic nitrogens is 2. The van der Waals surface area contributed by atoms with Gasteiger partial charge in [-0.05, 0) is 47.1 Å². The van der Waals surface area contributed by atoms with Crippen molar-refractivity contribution in [2.45, 2.75) is 6.92 Å². The van der Waals surface area contributed by atoms with Crippen LogP contribution in [-0.4, -0.2) is 16.6 Å². The van der Waals surface area contributed by atoms with E-state index < -0.39 is 0 Å². The van der Waals surface area contributed by atoms with E-state index in [0.29, 0.717) is 6.61 Å². The molecule has 0 aliphatic carbocycles. The molecule has 2 aromatic carbocycles. The van der Waals surface area contributed by atoms with Crippen LogP contribution in [0.4, 0.5) is 11.4 Å². The van der Waals surface area contributed by atoms with Crippen molar-refractivity contribution < 1.29 is 4.74 Å². The summed E-state index contributed by atoms with van der Waals surface area (Å²) in [5.41, 5.74) is 3.95. The number of para-hydroxylation sites is 1. The van der Waals surface area contributed by atoms with Crippen LogP contribution in [0.3, 0.4) is 0 Å². The van der Waals surface area contributed by atoms with E-state index >= 15 is 0 Å². The number of ether oxygens (including phenoxy) is 1. The third-order valence-corrected chi connectivity index (χ3v) is 4.57. The van der Waals surface area contributed by atoms with Crippen LogP contribution in [0.2, 0.25) is 0 Å². The molecule has 0 fully saturated rings. The van der Waals surface area contributed by atoms with E-state index in [9.17, 15) is 0 Å². The Morgan fingerprint density at radius 1 is 1.17 bits per heavy atom. The van der Waals surface area contributed by atoms with Gasteiger partial charge in [0.2, 0.25) is 0 Å². The summed E-state index contributed by atoms with van der Waals surface area (Å²) in [7, 11) is 0. The molecular formula is C19H16BrN3O. The van der Waals surface area contributed by atoms with Crippen molar-refractivity contribution in [1.29, 1.82) is 0 Å². The van der Waals surface area contributed by atoms with E-state index in [1.165, 1.54) is 0 Å². The van der Waals surface area contributed by atoms with Gasteiger partial charge in [0.25, 0.3) is 0 Å². The highest BCUT2D eigenvalue weighted by atomic mass is 79.9. The molecule has 5 heteroatoms. The van der Waals surface area contributed by atoms with Gasteiger partial charge in [0, 0.05) is 28.9 Å². The van der Waals surface area contributed by atoms with E-state index in [1.807, 2.05) is 49.5 Å². The summed E-state index contributed by atoms with van der Waals surface area (Å²) in [5, 5.41) is 5.74. The number of benzene rings is 2. The standard InChI is InChI=1S/C19H16BrN3O/c1-2-24-17-11-12(7-8-14(17)20)22-16-9-10-21-19-18(16)13-5-3-4-6-15(13)23-19/h3-11H,2H2,1H3,(H2,21,22,23). The number of anilines is 2. The molecule has 0 spiro atoms. The first-order chi connectivity index (χ1) is 11.8. The number of rotatable bonds is 4. The highest BCUT2D eigenvalue weighted by Crippen LogP contribution is 2.34. The van der Waals surface area contributed by atoms with Gasteiger partial charge in [-0.1, -0.05) is 18.2 Å². The van der Waals surface area contributed by atoms with Crippen LogP contribution in [0.5, 0.6) is 5.75 Å². The van der Waals surface area contributed by atoms with Gasteiger partial charge < -0.3 is 15.0 Å². The molecule has 0 saturated carbocycles.